The molecule has 1 atom stereocenters. The van der Waals surface area contributed by atoms with Gasteiger partial charge in [0, 0.05) is 35.3 Å². The van der Waals surface area contributed by atoms with E-state index < -0.39 is 0 Å². The number of ether oxygens (including phenoxy) is 1. The zero-order chi connectivity index (χ0) is 16.2. The molecule has 1 unspecified atom stereocenters. The van der Waals surface area contributed by atoms with Crippen molar-refractivity contribution in [1.82, 2.24) is 9.88 Å². The number of aromatic nitrogens is 1. The highest BCUT2D eigenvalue weighted by Gasteiger charge is 2.27. The van der Waals surface area contributed by atoms with Crippen LogP contribution in [0.2, 0.25) is 5.02 Å². The van der Waals surface area contributed by atoms with Gasteiger partial charge < -0.3 is 10.1 Å². The number of benzene rings is 1. The maximum absolute atomic E-state index is 12.6. The monoisotopic (exact) mass is 351 g/mol. The SMILES string of the molecule is CCC(C(=O)Nc1nccs1)N1CCOc2ccc(Cl)cc2C1. The Bertz CT molecular complexity index is 678. The Balaban J connectivity index is 1.76. The first-order chi connectivity index (χ1) is 11.2. The number of halogens is 1. The molecule has 0 saturated heterocycles. The molecule has 0 radical (unpaired) electrons. The Morgan fingerprint density at radius 1 is 1.57 bits per heavy atom. The number of rotatable bonds is 4. The van der Waals surface area contributed by atoms with Gasteiger partial charge in [-0.3, -0.25) is 9.69 Å². The summed E-state index contributed by atoms with van der Waals surface area (Å²) in [6, 6.07) is 5.38. The van der Waals surface area contributed by atoms with Crippen LogP contribution in [0.1, 0.15) is 18.9 Å². The fourth-order valence-electron chi connectivity index (χ4n) is 2.73. The lowest BCUT2D eigenvalue weighted by Gasteiger charge is -2.28. The number of nitrogens with one attached hydrogen (secondary N) is 1. The van der Waals surface area contributed by atoms with Crippen molar-refractivity contribution in [2.45, 2.75) is 25.9 Å². The van der Waals surface area contributed by atoms with E-state index >= 15 is 0 Å². The third-order valence-corrected chi connectivity index (χ3v) is 4.75. The third-order valence-electron chi connectivity index (χ3n) is 3.82. The molecule has 0 saturated carbocycles. The molecule has 1 aliphatic rings. The van der Waals surface area contributed by atoms with Crippen LogP contribution >= 0.6 is 22.9 Å². The summed E-state index contributed by atoms with van der Waals surface area (Å²) in [6.45, 7) is 3.89. The fraction of sp³-hybridized carbons (Fsp3) is 0.375. The van der Waals surface area contributed by atoms with Crippen LogP contribution in [0.15, 0.2) is 29.8 Å². The van der Waals surface area contributed by atoms with Gasteiger partial charge in [-0.1, -0.05) is 18.5 Å². The Morgan fingerprint density at radius 2 is 2.43 bits per heavy atom. The lowest BCUT2D eigenvalue weighted by atomic mass is 10.1. The number of hydrogen-bond acceptors (Lipinski definition) is 5. The van der Waals surface area contributed by atoms with Crippen molar-refractivity contribution in [2.75, 3.05) is 18.5 Å². The molecule has 0 fully saturated rings. The molecule has 23 heavy (non-hydrogen) atoms. The second kappa shape index (κ2) is 7.29. The molecule has 1 N–H and O–H groups in total. The lowest BCUT2D eigenvalue weighted by molar-refractivity contribution is -0.121. The minimum absolute atomic E-state index is 0.0343. The number of carbonyl (C=O) groups is 1. The highest BCUT2D eigenvalue weighted by atomic mass is 35.5. The van der Waals surface area contributed by atoms with Crippen LogP contribution in [0.5, 0.6) is 5.75 Å². The number of anilines is 1. The molecule has 0 spiro atoms. The molecule has 0 bridgehead atoms. The van der Waals surface area contributed by atoms with Crippen LogP contribution in [0, 0.1) is 0 Å². The Morgan fingerprint density at radius 3 is 3.17 bits per heavy atom. The minimum Gasteiger partial charge on any atom is -0.492 e. The molecule has 2 aromatic rings. The van der Waals surface area contributed by atoms with E-state index in [1.807, 2.05) is 30.5 Å². The Hall–Kier alpha value is -1.63. The average molecular weight is 352 g/mol. The predicted molar refractivity (Wildman–Crippen MR) is 92.2 cm³/mol. The van der Waals surface area contributed by atoms with Gasteiger partial charge in [-0.05, 0) is 24.6 Å². The van der Waals surface area contributed by atoms with Gasteiger partial charge in [0.05, 0.1) is 6.04 Å². The van der Waals surface area contributed by atoms with Crippen LogP contribution in [0.25, 0.3) is 0 Å². The van der Waals surface area contributed by atoms with E-state index in [4.69, 9.17) is 16.3 Å². The largest absolute Gasteiger partial charge is 0.492 e. The molecule has 1 amide bonds. The number of carbonyl (C=O) groups excluding carboxylic acids is 1. The molecule has 122 valence electrons. The standard InChI is InChI=1S/C16H18ClN3O2S/c1-2-13(15(21)19-16-18-5-8-23-16)20-6-7-22-14-4-3-12(17)9-11(14)10-20/h3-5,8-9,13H,2,6-7,10H2,1H3,(H,18,19,21). The summed E-state index contributed by atoms with van der Waals surface area (Å²) < 4.78 is 5.77. The zero-order valence-corrected chi connectivity index (χ0v) is 14.4. The van der Waals surface area contributed by atoms with Crippen LogP contribution in [0.3, 0.4) is 0 Å². The van der Waals surface area contributed by atoms with Gasteiger partial charge in [-0.15, -0.1) is 11.3 Å². The van der Waals surface area contributed by atoms with E-state index in [9.17, 15) is 4.79 Å². The van der Waals surface area contributed by atoms with E-state index in [2.05, 4.69) is 15.2 Å². The summed E-state index contributed by atoms with van der Waals surface area (Å²) in [5.41, 5.74) is 1.01. The molecule has 5 nitrogen and oxygen atoms in total. The molecular weight excluding hydrogens is 334 g/mol. The molecule has 2 heterocycles. The topological polar surface area (TPSA) is 54.5 Å². The van der Waals surface area contributed by atoms with Crippen LogP contribution < -0.4 is 10.1 Å². The third kappa shape index (κ3) is 3.83. The lowest BCUT2D eigenvalue weighted by Crippen LogP contribution is -2.44. The predicted octanol–water partition coefficient (Wildman–Crippen LogP) is 3.41. The average Bonchev–Trinajstić information content (AvgIpc) is 2.94. The van der Waals surface area contributed by atoms with Crippen molar-refractivity contribution < 1.29 is 9.53 Å². The normalized spacial score (nSPS) is 16.1. The van der Waals surface area contributed by atoms with E-state index in [1.54, 1.807) is 6.20 Å². The van der Waals surface area contributed by atoms with Gasteiger partial charge in [-0.25, -0.2) is 4.98 Å². The van der Waals surface area contributed by atoms with E-state index in [1.165, 1.54) is 11.3 Å². The zero-order valence-electron chi connectivity index (χ0n) is 12.8. The molecule has 7 heteroatoms. The molecule has 3 rings (SSSR count). The fourth-order valence-corrected chi connectivity index (χ4v) is 3.46. The second-order valence-electron chi connectivity index (χ2n) is 5.32. The number of hydrogen-bond donors (Lipinski definition) is 1. The van der Waals surface area contributed by atoms with Crippen LogP contribution in [-0.2, 0) is 11.3 Å². The van der Waals surface area contributed by atoms with Crippen molar-refractivity contribution in [3.05, 3.63) is 40.4 Å². The summed E-state index contributed by atoms with van der Waals surface area (Å²) in [4.78, 5) is 18.8. The molecule has 1 aromatic heterocycles. The quantitative estimate of drug-likeness (QED) is 0.917. The number of nitrogens with zero attached hydrogens (tertiary/aromatic N) is 2. The maximum atomic E-state index is 12.6. The summed E-state index contributed by atoms with van der Waals surface area (Å²) >= 11 is 7.50. The summed E-state index contributed by atoms with van der Waals surface area (Å²) in [7, 11) is 0. The molecule has 0 aliphatic carbocycles. The smallest absolute Gasteiger partial charge is 0.243 e. The van der Waals surface area contributed by atoms with Crippen molar-refractivity contribution in [3.63, 3.8) is 0 Å². The summed E-state index contributed by atoms with van der Waals surface area (Å²) in [5.74, 6) is 0.806. The maximum Gasteiger partial charge on any atom is 0.243 e. The molecular formula is C16H18ClN3O2S. The highest BCUT2D eigenvalue weighted by molar-refractivity contribution is 7.13. The van der Waals surface area contributed by atoms with Gasteiger partial charge in [0.2, 0.25) is 5.91 Å². The van der Waals surface area contributed by atoms with Crippen molar-refractivity contribution in [2.24, 2.45) is 0 Å². The second-order valence-corrected chi connectivity index (χ2v) is 6.65. The van der Waals surface area contributed by atoms with Crippen LogP contribution in [-0.4, -0.2) is 35.0 Å². The van der Waals surface area contributed by atoms with E-state index in [0.29, 0.717) is 36.3 Å². The van der Waals surface area contributed by atoms with Crippen LogP contribution in [0.4, 0.5) is 5.13 Å². The van der Waals surface area contributed by atoms with E-state index in [0.717, 1.165) is 11.3 Å². The molecule has 1 aliphatic heterocycles. The number of amides is 1. The van der Waals surface area contributed by atoms with Gasteiger partial charge in [0.1, 0.15) is 12.4 Å². The van der Waals surface area contributed by atoms with Gasteiger partial charge in [-0.2, -0.15) is 0 Å². The Labute approximate surface area is 144 Å². The number of thiazole rings is 1. The number of fused-ring (bicyclic) bond motifs is 1. The summed E-state index contributed by atoms with van der Waals surface area (Å²) in [6.07, 6.45) is 2.40. The van der Waals surface area contributed by atoms with Gasteiger partial charge >= 0.3 is 0 Å². The van der Waals surface area contributed by atoms with E-state index in [-0.39, 0.29) is 11.9 Å². The first-order valence-electron chi connectivity index (χ1n) is 7.53. The Kier molecular flexibility index (Phi) is 5.15. The highest BCUT2D eigenvalue weighted by Crippen LogP contribution is 2.27. The van der Waals surface area contributed by atoms with Gasteiger partial charge in [0.25, 0.3) is 0 Å². The summed E-state index contributed by atoms with van der Waals surface area (Å²) in [5, 5.41) is 6.03. The van der Waals surface area contributed by atoms with Crippen molar-refractivity contribution in [1.29, 1.82) is 0 Å². The minimum atomic E-state index is -0.229. The first-order valence-corrected chi connectivity index (χ1v) is 8.78. The van der Waals surface area contributed by atoms with Crippen molar-refractivity contribution >= 4 is 34.0 Å². The van der Waals surface area contributed by atoms with Gasteiger partial charge in [0.15, 0.2) is 5.13 Å². The molecule has 1 aromatic carbocycles. The first kappa shape index (κ1) is 16.2. The van der Waals surface area contributed by atoms with Crippen molar-refractivity contribution in [3.8, 4) is 5.75 Å².